The molecule has 4 rings (SSSR count). The molecule has 2 heterocycles. The van der Waals surface area contributed by atoms with Gasteiger partial charge in [-0.2, -0.15) is 19.0 Å². The molecule has 0 saturated carbocycles. The molecular weight excluding hydrogens is 454 g/mol. The number of halogens is 4. The number of anilines is 1. The lowest BCUT2D eigenvalue weighted by atomic mass is 10.1. The summed E-state index contributed by atoms with van der Waals surface area (Å²) in [6.45, 7) is 2.90. The molecule has 0 aliphatic carbocycles. The van der Waals surface area contributed by atoms with Gasteiger partial charge >= 0.3 is 0 Å². The van der Waals surface area contributed by atoms with Crippen molar-refractivity contribution in [2.24, 2.45) is 0 Å². The van der Waals surface area contributed by atoms with Crippen molar-refractivity contribution < 1.29 is 27.1 Å². The SMILES string of the molecule is CCn1cc(Cn2cc(NC(=O)c3ccc(COc4c(F)c(F)cc(F)c4F)cc3)cn2)cn1. The number of ether oxygens (including phenoxy) is 1. The smallest absolute Gasteiger partial charge is 0.255 e. The lowest BCUT2D eigenvalue weighted by molar-refractivity contribution is 0.102. The molecule has 0 fully saturated rings. The topological polar surface area (TPSA) is 74.0 Å². The van der Waals surface area contributed by atoms with Crippen LogP contribution >= 0.6 is 0 Å². The van der Waals surface area contributed by atoms with E-state index in [1.807, 2.05) is 13.1 Å². The Morgan fingerprint density at radius 3 is 2.26 bits per heavy atom. The summed E-state index contributed by atoms with van der Waals surface area (Å²) in [6, 6.07) is 6.06. The Kier molecular flexibility index (Phi) is 6.62. The molecule has 4 aromatic rings. The minimum atomic E-state index is -1.62. The molecule has 0 saturated heterocycles. The number of hydrogen-bond acceptors (Lipinski definition) is 4. The fourth-order valence-corrected chi connectivity index (χ4v) is 3.15. The van der Waals surface area contributed by atoms with Gasteiger partial charge < -0.3 is 10.1 Å². The molecule has 2 aromatic carbocycles. The highest BCUT2D eigenvalue weighted by Crippen LogP contribution is 2.27. The lowest BCUT2D eigenvalue weighted by Gasteiger charge is -2.10. The first-order valence-corrected chi connectivity index (χ1v) is 10.2. The molecule has 0 atom stereocenters. The van der Waals surface area contributed by atoms with Gasteiger partial charge in [-0.1, -0.05) is 12.1 Å². The number of rotatable bonds is 8. The summed E-state index contributed by atoms with van der Waals surface area (Å²) < 4.78 is 62.3. The van der Waals surface area contributed by atoms with Gasteiger partial charge in [0.25, 0.3) is 5.91 Å². The quantitative estimate of drug-likeness (QED) is 0.301. The number of hydrogen-bond donors (Lipinski definition) is 1. The molecule has 0 unspecified atom stereocenters. The fourth-order valence-electron chi connectivity index (χ4n) is 3.15. The van der Waals surface area contributed by atoms with E-state index >= 15 is 0 Å². The van der Waals surface area contributed by atoms with Crippen molar-refractivity contribution in [3.05, 3.63) is 95.1 Å². The van der Waals surface area contributed by atoms with E-state index in [4.69, 9.17) is 4.74 Å². The van der Waals surface area contributed by atoms with Crippen LogP contribution in [-0.4, -0.2) is 25.5 Å². The minimum Gasteiger partial charge on any atom is -0.483 e. The maximum absolute atomic E-state index is 13.7. The molecule has 0 spiro atoms. The van der Waals surface area contributed by atoms with Gasteiger partial charge in [0, 0.05) is 36.1 Å². The van der Waals surface area contributed by atoms with Crippen molar-refractivity contribution in [3.8, 4) is 5.75 Å². The molecule has 1 N–H and O–H groups in total. The van der Waals surface area contributed by atoms with Crippen molar-refractivity contribution >= 4 is 11.6 Å². The first-order chi connectivity index (χ1) is 16.3. The molecule has 0 radical (unpaired) electrons. The van der Waals surface area contributed by atoms with E-state index in [9.17, 15) is 22.4 Å². The Balaban J connectivity index is 1.35. The van der Waals surface area contributed by atoms with Crippen LogP contribution in [0.1, 0.15) is 28.4 Å². The second-order valence-corrected chi connectivity index (χ2v) is 7.37. The molecule has 176 valence electrons. The normalized spacial score (nSPS) is 11.0. The van der Waals surface area contributed by atoms with E-state index in [1.54, 1.807) is 21.8 Å². The molecule has 1 amide bonds. The van der Waals surface area contributed by atoms with Crippen LogP contribution < -0.4 is 10.1 Å². The van der Waals surface area contributed by atoms with Gasteiger partial charge in [0.05, 0.1) is 24.6 Å². The molecule has 7 nitrogen and oxygen atoms in total. The molecule has 0 aliphatic heterocycles. The first-order valence-electron chi connectivity index (χ1n) is 10.2. The van der Waals surface area contributed by atoms with Crippen LogP contribution in [-0.2, 0) is 19.7 Å². The van der Waals surface area contributed by atoms with Crippen LogP contribution in [0.2, 0.25) is 0 Å². The zero-order valence-corrected chi connectivity index (χ0v) is 17.9. The van der Waals surface area contributed by atoms with Crippen LogP contribution in [0.5, 0.6) is 5.75 Å². The number of carbonyl (C=O) groups excluding carboxylic acids is 1. The van der Waals surface area contributed by atoms with Crippen molar-refractivity contribution in [2.75, 3.05) is 5.32 Å². The first kappa shape index (κ1) is 23.0. The van der Waals surface area contributed by atoms with Crippen LogP contribution in [0.25, 0.3) is 0 Å². The zero-order valence-electron chi connectivity index (χ0n) is 17.9. The average molecular weight is 473 g/mol. The maximum Gasteiger partial charge on any atom is 0.255 e. The van der Waals surface area contributed by atoms with Crippen molar-refractivity contribution in [2.45, 2.75) is 26.6 Å². The third-order valence-corrected chi connectivity index (χ3v) is 4.92. The van der Waals surface area contributed by atoms with Crippen LogP contribution in [0, 0.1) is 23.3 Å². The number of nitrogens with one attached hydrogen (secondary N) is 1. The van der Waals surface area contributed by atoms with Crippen molar-refractivity contribution in [1.29, 1.82) is 0 Å². The lowest BCUT2D eigenvalue weighted by Crippen LogP contribution is -2.11. The molecule has 34 heavy (non-hydrogen) atoms. The number of amides is 1. The van der Waals surface area contributed by atoms with Crippen LogP contribution in [0.15, 0.2) is 55.1 Å². The molecule has 2 aromatic heterocycles. The van der Waals surface area contributed by atoms with E-state index in [0.29, 0.717) is 23.4 Å². The molecular formula is C23H19F4N5O2. The van der Waals surface area contributed by atoms with Gasteiger partial charge in [-0.25, -0.2) is 8.78 Å². The minimum absolute atomic E-state index is 0.106. The van der Waals surface area contributed by atoms with E-state index in [-0.39, 0.29) is 12.7 Å². The Hall–Kier alpha value is -4.15. The summed E-state index contributed by atoms with van der Waals surface area (Å²) in [7, 11) is 0. The predicted octanol–water partition coefficient (Wildman–Crippen LogP) is 4.54. The number of carbonyl (C=O) groups is 1. The number of aryl methyl sites for hydroxylation is 1. The van der Waals surface area contributed by atoms with Gasteiger partial charge in [0.2, 0.25) is 11.6 Å². The highest BCUT2D eigenvalue weighted by Gasteiger charge is 2.20. The third kappa shape index (κ3) is 5.08. The summed E-state index contributed by atoms with van der Waals surface area (Å²) in [5.74, 6) is -7.88. The Bertz CT molecular complexity index is 1290. The van der Waals surface area contributed by atoms with E-state index < -0.39 is 34.9 Å². The largest absolute Gasteiger partial charge is 0.483 e. The van der Waals surface area contributed by atoms with Gasteiger partial charge in [0.1, 0.15) is 6.61 Å². The zero-order chi connectivity index (χ0) is 24.2. The molecule has 0 aliphatic rings. The molecule has 0 bridgehead atoms. The van der Waals surface area contributed by atoms with E-state index in [2.05, 4.69) is 15.5 Å². The number of benzene rings is 2. The maximum atomic E-state index is 13.7. The van der Waals surface area contributed by atoms with Gasteiger partial charge in [-0.15, -0.1) is 0 Å². The van der Waals surface area contributed by atoms with Gasteiger partial charge in [0.15, 0.2) is 17.4 Å². The summed E-state index contributed by atoms with van der Waals surface area (Å²) in [4.78, 5) is 12.5. The van der Waals surface area contributed by atoms with Crippen molar-refractivity contribution in [3.63, 3.8) is 0 Å². The highest BCUT2D eigenvalue weighted by atomic mass is 19.2. The Morgan fingerprint density at radius 2 is 1.62 bits per heavy atom. The van der Waals surface area contributed by atoms with Crippen LogP contribution in [0.4, 0.5) is 23.2 Å². The van der Waals surface area contributed by atoms with E-state index in [1.165, 1.54) is 30.5 Å². The fraction of sp³-hybridized carbons (Fsp3) is 0.174. The monoisotopic (exact) mass is 473 g/mol. The predicted molar refractivity (Wildman–Crippen MR) is 114 cm³/mol. The Labute approximate surface area is 191 Å². The van der Waals surface area contributed by atoms with Gasteiger partial charge in [-0.05, 0) is 24.6 Å². The third-order valence-electron chi connectivity index (χ3n) is 4.92. The summed E-state index contributed by atoms with van der Waals surface area (Å²) in [5, 5.41) is 11.2. The number of aromatic nitrogens is 4. The standard InChI is InChI=1S/C23H19F4N5O2/c1-2-31-10-15(8-28-31)11-32-12-17(9-29-32)30-23(33)16-5-3-14(4-6-16)13-34-22-20(26)18(24)7-19(25)21(22)27/h3-10,12H,2,11,13H2,1H3,(H,30,33). The summed E-state index contributed by atoms with van der Waals surface area (Å²) >= 11 is 0. The molecule has 11 heteroatoms. The second kappa shape index (κ2) is 9.77. The average Bonchev–Trinajstić information content (AvgIpc) is 3.47. The Morgan fingerprint density at radius 1 is 0.941 bits per heavy atom. The van der Waals surface area contributed by atoms with Gasteiger partial charge in [-0.3, -0.25) is 14.2 Å². The van der Waals surface area contributed by atoms with Crippen LogP contribution in [0.3, 0.4) is 0 Å². The van der Waals surface area contributed by atoms with Crippen molar-refractivity contribution in [1.82, 2.24) is 19.6 Å². The highest BCUT2D eigenvalue weighted by molar-refractivity contribution is 6.04. The second-order valence-electron chi connectivity index (χ2n) is 7.37. The summed E-state index contributed by atoms with van der Waals surface area (Å²) in [6.07, 6.45) is 6.87. The number of nitrogens with zero attached hydrogens (tertiary/aromatic N) is 4. The van der Waals surface area contributed by atoms with E-state index in [0.717, 1.165) is 12.1 Å². The summed E-state index contributed by atoms with van der Waals surface area (Å²) in [5.41, 5.74) is 2.22.